The highest BCUT2D eigenvalue weighted by atomic mass is 16.7. The van der Waals surface area contributed by atoms with E-state index in [4.69, 9.17) is 15.4 Å². The molecule has 2 fully saturated rings. The third-order valence-corrected chi connectivity index (χ3v) is 4.23. The second-order valence-corrected chi connectivity index (χ2v) is 5.99. The van der Waals surface area contributed by atoms with Gasteiger partial charge in [-0.2, -0.15) is 5.06 Å². The molecule has 9 heteroatoms. The zero-order valence-corrected chi connectivity index (χ0v) is 13.6. The number of fused-ring (bicyclic) bond motifs is 2. The first kappa shape index (κ1) is 17.2. The molecule has 3 N–H and O–H groups in total. The summed E-state index contributed by atoms with van der Waals surface area (Å²) in [7, 11) is 0. The Morgan fingerprint density at radius 1 is 1.24 bits per heavy atom. The molecule has 2 atom stereocenters. The Morgan fingerprint density at radius 3 is 2.72 bits per heavy atom. The number of nitrogens with two attached hydrogens (primary N) is 1. The quantitative estimate of drug-likeness (QED) is 0.669. The molecule has 1 aromatic carbocycles. The monoisotopic (exact) mass is 348 g/mol. The van der Waals surface area contributed by atoms with Gasteiger partial charge >= 0.3 is 6.03 Å². The molecule has 3 rings (SSSR count). The van der Waals surface area contributed by atoms with Crippen LogP contribution >= 0.6 is 0 Å². The normalized spacial score (nSPS) is 22.2. The van der Waals surface area contributed by atoms with E-state index in [-0.39, 0.29) is 18.7 Å². The summed E-state index contributed by atoms with van der Waals surface area (Å²) in [5.74, 6) is -1.17. The van der Waals surface area contributed by atoms with Gasteiger partial charge in [0.2, 0.25) is 5.91 Å². The van der Waals surface area contributed by atoms with Crippen LogP contribution in [0.15, 0.2) is 30.3 Å². The van der Waals surface area contributed by atoms with Gasteiger partial charge in [-0.25, -0.2) is 10.3 Å². The molecular formula is C16H20N4O5. The Bertz CT molecular complexity index is 653. The molecule has 0 aliphatic carbocycles. The molecule has 134 valence electrons. The summed E-state index contributed by atoms with van der Waals surface area (Å²) >= 11 is 0. The van der Waals surface area contributed by atoms with Crippen LogP contribution in [-0.2, 0) is 25.9 Å². The van der Waals surface area contributed by atoms with E-state index in [9.17, 15) is 14.4 Å². The fourth-order valence-electron chi connectivity index (χ4n) is 3.04. The van der Waals surface area contributed by atoms with Crippen molar-refractivity contribution in [3.63, 3.8) is 0 Å². The van der Waals surface area contributed by atoms with Gasteiger partial charge in [0.1, 0.15) is 12.6 Å². The molecular weight excluding hydrogens is 328 g/mol. The van der Waals surface area contributed by atoms with Crippen LogP contribution in [0.3, 0.4) is 0 Å². The first-order chi connectivity index (χ1) is 12.1. The van der Waals surface area contributed by atoms with Crippen molar-refractivity contribution in [3.8, 4) is 0 Å². The number of nitrogens with one attached hydrogen (secondary N) is 1. The lowest BCUT2D eigenvalue weighted by atomic mass is 10.0. The number of hydroxylamine groups is 3. The third kappa shape index (κ3) is 3.89. The predicted molar refractivity (Wildman–Crippen MR) is 85.3 cm³/mol. The number of amides is 4. The van der Waals surface area contributed by atoms with Gasteiger partial charge in [0.15, 0.2) is 6.61 Å². The fourth-order valence-corrected chi connectivity index (χ4v) is 3.04. The molecule has 0 aromatic heterocycles. The molecule has 2 unspecified atom stereocenters. The number of hydrogen-bond acceptors (Lipinski definition) is 5. The smallest absolute Gasteiger partial charge is 0.345 e. The summed E-state index contributed by atoms with van der Waals surface area (Å²) in [5.41, 5.74) is 8.06. The van der Waals surface area contributed by atoms with Crippen molar-refractivity contribution in [1.82, 2.24) is 15.4 Å². The maximum atomic E-state index is 12.5. The topological polar surface area (TPSA) is 114 Å². The molecule has 9 nitrogen and oxygen atoms in total. The number of benzene rings is 1. The summed E-state index contributed by atoms with van der Waals surface area (Å²) in [6, 6.07) is 8.48. The minimum atomic E-state index is -0.693. The zero-order chi connectivity index (χ0) is 17.8. The van der Waals surface area contributed by atoms with Crippen molar-refractivity contribution in [2.24, 2.45) is 5.73 Å². The van der Waals surface area contributed by atoms with Crippen LogP contribution in [0.4, 0.5) is 4.79 Å². The van der Waals surface area contributed by atoms with Crippen LogP contribution in [0.2, 0.25) is 0 Å². The number of carbonyl (C=O) groups is 3. The Morgan fingerprint density at radius 2 is 2.00 bits per heavy atom. The van der Waals surface area contributed by atoms with E-state index in [1.54, 1.807) is 0 Å². The Balaban J connectivity index is 1.56. The first-order valence-electron chi connectivity index (χ1n) is 8.03. The van der Waals surface area contributed by atoms with Gasteiger partial charge in [-0.05, 0) is 18.4 Å². The van der Waals surface area contributed by atoms with Crippen LogP contribution < -0.4 is 11.2 Å². The van der Waals surface area contributed by atoms with Crippen molar-refractivity contribution < 1.29 is 24.1 Å². The highest BCUT2D eigenvalue weighted by Gasteiger charge is 2.48. The van der Waals surface area contributed by atoms with Gasteiger partial charge in [-0.1, -0.05) is 30.3 Å². The molecule has 4 amide bonds. The van der Waals surface area contributed by atoms with Gasteiger partial charge < -0.3 is 10.6 Å². The van der Waals surface area contributed by atoms with Crippen LogP contribution in [-0.4, -0.2) is 53.0 Å². The fraction of sp³-hybridized carbons (Fsp3) is 0.438. The van der Waals surface area contributed by atoms with Crippen LogP contribution in [0.25, 0.3) is 0 Å². The second-order valence-electron chi connectivity index (χ2n) is 5.99. The van der Waals surface area contributed by atoms with Crippen molar-refractivity contribution >= 4 is 17.8 Å². The number of carbonyl (C=O) groups excluding carboxylic acids is 3. The number of primary amides is 1. The van der Waals surface area contributed by atoms with E-state index < -0.39 is 24.5 Å². The highest BCUT2D eigenvalue weighted by Crippen LogP contribution is 2.30. The maximum absolute atomic E-state index is 12.5. The Labute approximate surface area is 144 Å². The Kier molecular flexibility index (Phi) is 5.15. The van der Waals surface area contributed by atoms with E-state index in [1.807, 2.05) is 30.3 Å². The van der Waals surface area contributed by atoms with Gasteiger partial charge in [-0.3, -0.25) is 19.3 Å². The SMILES string of the molecule is NC(=O)CONC(=O)C1CCC2CN1C(=O)N2OCc1ccccc1. The van der Waals surface area contributed by atoms with E-state index in [0.717, 1.165) is 5.56 Å². The van der Waals surface area contributed by atoms with Gasteiger partial charge in [0.25, 0.3) is 5.91 Å². The van der Waals surface area contributed by atoms with E-state index >= 15 is 0 Å². The molecule has 0 radical (unpaired) electrons. The number of hydrogen-bond donors (Lipinski definition) is 2. The van der Waals surface area contributed by atoms with Crippen LogP contribution in [0.1, 0.15) is 18.4 Å². The van der Waals surface area contributed by atoms with Crippen LogP contribution in [0.5, 0.6) is 0 Å². The second kappa shape index (κ2) is 7.49. The first-order valence-corrected chi connectivity index (χ1v) is 8.03. The van der Waals surface area contributed by atoms with E-state index in [1.165, 1.54) is 9.96 Å². The third-order valence-electron chi connectivity index (χ3n) is 4.23. The average Bonchev–Trinajstić information content (AvgIpc) is 2.84. The van der Waals surface area contributed by atoms with E-state index in [2.05, 4.69) is 5.48 Å². The molecule has 2 heterocycles. The minimum absolute atomic E-state index is 0.0770. The molecule has 2 aliphatic heterocycles. The standard InChI is InChI=1S/C16H20N4O5/c17-14(21)10-24-18-15(22)13-7-6-12-8-19(13)16(23)20(12)25-9-11-4-2-1-3-5-11/h1-5,12-13H,6-10H2,(H2,17,21)(H,18,22). The molecule has 25 heavy (non-hydrogen) atoms. The number of piperidine rings is 1. The lowest BCUT2D eigenvalue weighted by molar-refractivity contribution is -0.142. The molecule has 2 saturated heterocycles. The van der Waals surface area contributed by atoms with E-state index in [0.29, 0.717) is 19.4 Å². The summed E-state index contributed by atoms with van der Waals surface area (Å²) in [6.45, 7) is 0.290. The lowest BCUT2D eigenvalue weighted by Crippen LogP contribution is -2.50. The lowest BCUT2D eigenvalue weighted by Gasteiger charge is -2.28. The highest BCUT2D eigenvalue weighted by molar-refractivity contribution is 5.88. The van der Waals surface area contributed by atoms with Gasteiger partial charge in [0, 0.05) is 6.54 Å². The molecule has 2 bridgehead atoms. The van der Waals surface area contributed by atoms with Crippen molar-refractivity contribution in [1.29, 1.82) is 0 Å². The summed E-state index contributed by atoms with van der Waals surface area (Å²) in [4.78, 5) is 47.2. The molecule has 2 aliphatic rings. The average molecular weight is 348 g/mol. The van der Waals surface area contributed by atoms with Crippen molar-refractivity contribution in [2.75, 3.05) is 13.2 Å². The Hall–Kier alpha value is -2.65. The minimum Gasteiger partial charge on any atom is -0.368 e. The predicted octanol–water partition coefficient (Wildman–Crippen LogP) is -0.0801. The van der Waals surface area contributed by atoms with Crippen LogP contribution in [0, 0.1) is 0 Å². The summed E-state index contributed by atoms with van der Waals surface area (Å²) < 4.78 is 0. The van der Waals surface area contributed by atoms with Crippen molar-refractivity contribution in [2.45, 2.75) is 31.5 Å². The molecule has 1 aromatic rings. The summed E-state index contributed by atoms with van der Waals surface area (Å²) in [5, 5.41) is 1.35. The van der Waals surface area contributed by atoms with Gasteiger partial charge in [-0.15, -0.1) is 0 Å². The summed E-state index contributed by atoms with van der Waals surface area (Å²) in [6.07, 6.45) is 1.14. The number of rotatable bonds is 7. The van der Waals surface area contributed by atoms with Gasteiger partial charge in [0.05, 0.1) is 6.04 Å². The number of urea groups is 1. The molecule has 0 spiro atoms. The maximum Gasteiger partial charge on any atom is 0.345 e. The largest absolute Gasteiger partial charge is 0.368 e. The van der Waals surface area contributed by atoms with Crippen molar-refractivity contribution in [3.05, 3.63) is 35.9 Å². The zero-order valence-electron chi connectivity index (χ0n) is 13.6. The molecule has 0 saturated carbocycles. The number of nitrogens with zero attached hydrogens (tertiary/aromatic N) is 2.